The van der Waals surface area contributed by atoms with Crippen LogP contribution >= 0.6 is 0 Å². The molecule has 17 heavy (non-hydrogen) atoms. The molecule has 2 nitrogen and oxygen atoms in total. The molecule has 0 bridgehead atoms. The molecule has 0 aromatic heterocycles. The van der Waals surface area contributed by atoms with Crippen LogP contribution in [-0.2, 0) is 0 Å². The van der Waals surface area contributed by atoms with Crippen molar-refractivity contribution in [3.8, 4) is 0 Å². The van der Waals surface area contributed by atoms with E-state index >= 15 is 0 Å². The summed E-state index contributed by atoms with van der Waals surface area (Å²) in [5.74, 6) is -0.387. The average Bonchev–Trinajstić information content (AvgIpc) is 2.32. The Morgan fingerprint density at radius 2 is 1.82 bits per heavy atom. The zero-order valence-electron chi connectivity index (χ0n) is 9.94. The van der Waals surface area contributed by atoms with Crippen LogP contribution in [-0.4, -0.2) is 7.05 Å². The summed E-state index contributed by atoms with van der Waals surface area (Å²) in [5, 5.41) is 0. The number of aryl methyl sites for hydroxylation is 1. The largest absolute Gasteiger partial charge is 0.395 e. The van der Waals surface area contributed by atoms with E-state index in [1.807, 2.05) is 43.1 Å². The van der Waals surface area contributed by atoms with Gasteiger partial charge < -0.3 is 10.6 Å². The molecule has 0 amide bonds. The van der Waals surface area contributed by atoms with Crippen LogP contribution in [0, 0.1) is 12.7 Å². The maximum absolute atomic E-state index is 13.4. The Hall–Kier alpha value is -2.03. The topological polar surface area (TPSA) is 29.3 Å². The van der Waals surface area contributed by atoms with Gasteiger partial charge in [0.2, 0.25) is 0 Å². The van der Waals surface area contributed by atoms with Gasteiger partial charge in [-0.25, -0.2) is 4.39 Å². The minimum absolute atomic E-state index is 0.177. The predicted molar refractivity (Wildman–Crippen MR) is 70.1 cm³/mol. The van der Waals surface area contributed by atoms with Crippen LogP contribution in [0.1, 0.15) is 5.56 Å². The first kappa shape index (κ1) is 11.5. The molecule has 0 unspecified atom stereocenters. The number of nitrogens with zero attached hydrogens (tertiary/aromatic N) is 1. The van der Waals surface area contributed by atoms with E-state index in [-0.39, 0.29) is 11.5 Å². The van der Waals surface area contributed by atoms with Crippen molar-refractivity contribution in [2.45, 2.75) is 6.92 Å². The molecule has 0 radical (unpaired) electrons. The fourth-order valence-corrected chi connectivity index (χ4v) is 1.79. The zero-order valence-corrected chi connectivity index (χ0v) is 9.94. The van der Waals surface area contributed by atoms with Gasteiger partial charge in [-0.15, -0.1) is 0 Å². The SMILES string of the molecule is Cc1cccc(N(C)c2cccc(F)c2N)c1. The fourth-order valence-electron chi connectivity index (χ4n) is 1.79. The molecule has 2 N–H and O–H groups in total. The smallest absolute Gasteiger partial charge is 0.148 e. The van der Waals surface area contributed by atoms with E-state index < -0.39 is 0 Å². The molecule has 0 heterocycles. The summed E-state index contributed by atoms with van der Waals surface area (Å²) in [6.45, 7) is 2.02. The molecule has 0 atom stereocenters. The summed E-state index contributed by atoms with van der Waals surface area (Å²) in [5.41, 5.74) is 8.74. The first-order valence-corrected chi connectivity index (χ1v) is 5.44. The lowest BCUT2D eigenvalue weighted by molar-refractivity contribution is 0.632. The Bertz CT molecular complexity index is 537. The van der Waals surface area contributed by atoms with E-state index in [1.54, 1.807) is 12.1 Å². The summed E-state index contributed by atoms with van der Waals surface area (Å²) < 4.78 is 13.4. The number of nitrogen functional groups attached to an aromatic ring is 1. The highest BCUT2D eigenvalue weighted by Crippen LogP contribution is 2.30. The van der Waals surface area contributed by atoms with Crippen LogP contribution in [0.25, 0.3) is 0 Å². The number of hydrogen-bond donors (Lipinski definition) is 1. The molecule has 0 aliphatic carbocycles. The molecule has 0 aliphatic heterocycles. The van der Waals surface area contributed by atoms with Gasteiger partial charge in [0.1, 0.15) is 5.82 Å². The van der Waals surface area contributed by atoms with Crippen molar-refractivity contribution < 1.29 is 4.39 Å². The first-order valence-electron chi connectivity index (χ1n) is 5.44. The highest BCUT2D eigenvalue weighted by molar-refractivity contribution is 5.74. The third kappa shape index (κ3) is 2.23. The van der Waals surface area contributed by atoms with Crippen LogP contribution in [0.3, 0.4) is 0 Å². The molecular weight excluding hydrogens is 215 g/mol. The Morgan fingerprint density at radius 3 is 2.53 bits per heavy atom. The Labute approximate surface area is 100 Å². The molecule has 88 valence electrons. The number of hydrogen-bond acceptors (Lipinski definition) is 2. The maximum Gasteiger partial charge on any atom is 0.148 e. The van der Waals surface area contributed by atoms with Crippen molar-refractivity contribution in [3.05, 3.63) is 53.8 Å². The predicted octanol–water partition coefficient (Wildman–Crippen LogP) is 3.48. The number of benzene rings is 2. The van der Waals surface area contributed by atoms with E-state index in [2.05, 4.69) is 0 Å². The molecule has 0 saturated heterocycles. The van der Waals surface area contributed by atoms with Crippen molar-refractivity contribution in [2.24, 2.45) is 0 Å². The number of anilines is 3. The maximum atomic E-state index is 13.4. The number of nitrogens with two attached hydrogens (primary N) is 1. The summed E-state index contributed by atoms with van der Waals surface area (Å²) in [6, 6.07) is 12.8. The van der Waals surface area contributed by atoms with E-state index in [9.17, 15) is 4.39 Å². The van der Waals surface area contributed by atoms with Crippen molar-refractivity contribution >= 4 is 17.1 Å². The molecule has 0 aliphatic rings. The second-order valence-corrected chi connectivity index (χ2v) is 4.07. The van der Waals surface area contributed by atoms with Gasteiger partial charge in [0, 0.05) is 12.7 Å². The summed E-state index contributed by atoms with van der Waals surface area (Å²) in [7, 11) is 1.87. The normalized spacial score (nSPS) is 10.3. The second kappa shape index (κ2) is 4.45. The lowest BCUT2D eigenvalue weighted by Gasteiger charge is -2.21. The minimum atomic E-state index is -0.387. The van der Waals surface area contributed by atoms with Crippen molar-refractivity contribution in [1.82, 2.24) is 0 Å². The number of para-hydroxylation sites is 1. The van der Waals surface area contributed by atoms with E-state index in [0.29, 0.717) is 5.69 Å². The van der Waals surface area contributed by atoms with Crippen molar-refractivity contribution in [3.63, 3.8) is 0 Å². The van der Waals surface area contributed by atoms with Crippen molar-refractivity contribution in [2.75, 3.05) is 17.7 Å². The molecule has 3 heteroatoms. The molecule has 0 spiro atoms. The molecule has 2 aromatic carbocycles. The average molecular weight is 230 g/mol. The summed E-state index contributed by atoms with van der Waals surface area (Å²) >= 11 is 0. The fraction of sp³-hybridized carbons (Fsp3) is 0.143. The van der Waals surface area contributed by atoms with Crippen LogP contribution in [0.2, 0.25) is 0 Å². The Kier molecular flexibility index (Phi) is 3.00. The standard InChI is InChI=1S/C14H15FN2/c1-10-5-3-6-11(9-10)17(2)13-8-4-7-12(15)14(13)16/h3-9H,16H2,1-2H3. The van der Waals surface area contributed by atoms with Gasteiger partial charge in [0.05, 0.1) is 11.4 Å². The Balaban J connectivity index is 2.44. The van der Waals surface area contributed by atoms with Gasteiger partial charge in [-0.2, -0.15) is 0 Å². The quantitative estimate of drug-likeness (QED) is 0.800. The summed E-state index contributed by atoms with van der Waals surface area (Å²) in [6.07, 6.45) is 0. The minimum Gasteiger partial charge on any atom is -0.395 e. The van der Waals surface area contributed by atoms with Gasteiger partial charge in [0.15, 0.2) is 0 Å². The second-order valence-electron chi connectivity index (χ2n) is 4.07. The Morgan fingerprint density at radius 1 is 1.12 bits per heavy atom. The van der Waals surface area contributed by atoms with E-state index in [4.69, 9.17) is 5.73 Å². The highest BCUT2D eigenvalue weighted by Gasteiger charge is 2.10. The first-order chi connectivity index (χ1) is 8.09. The molecular formula is C14H15FN2. The highest BCUT2D eigenvalue weighted by atomic mass is 19.1. The van der Waals surface area contributed by atoms with E-state index in [0.717, 1.165) is 11.3 Å². The van der Waals surface area contributed by atoms with Gasteiger partial charge in [0.25, 0.3) is 0 Å². The lowest BCUT2D eigenvalue weighted by Crippen LogP contribution is -2.12. The molecule has 2 aromatic rings. The number of halogens is 1. The van der Waals surface area contributed by atoms with Crippen LogP contribution in [0.5, 0.6) is 0 Å². The monoisotopic (exact) mass is 230 g/mol. The van der Waals surface area contributed by atoms with Crippen LogP contribution in [0.15, 0.2) is 42.5 Å². The van der Waals surface area contributed by atoms with Gasteiger partial charge >= 0.3 is 0 Å². The van der Waals surface area contributed by atoms with Crippen LogP contribution < -0.4 is 10.6 Å². The molecule has 0 saturated carbocycles. The third-order valence-electron chi connectivity index (χ3n) is 2.78. The molecule has 0 fully saturated rings. The van der Waals surface area contributed by atoms with Gasteiger partial charge in [-0.1, -0.05) is 18.2 Å². The molecule has 2 rings (SSSR count). The third-order valence-corrected chi connectivity index (χ3v) is 2.78. The summed E-state index contributed by atoms with van der Waals surface area (Å²) in [4.78, 5) is 1.88. The van der Waals surface area contributed by atoms with Crippen molar-refractivity contribution in [1.29, 1.82) is 0 Å². The number of rotatable bonds is 2. The van der Waals surface area contributed by atoms with Gasteiger partial charge in [-0.05, 0) is 36.8 Å². The lowest BCUT2D eigenvalue weighted by atomic mass is 10.2. The van der Waals surface area contributed by atoms with E-state index in [1.165, 1.54) is 6.07 Å². The zero-order chi connectivity index (χ0) is 12.4. The van der Waals surface area contributed by atoms with Gasteiger partial charge in [-0.3, -0.25) is 0 Å². The van der Waals surface area contributed by atoms with Crippen LogP contribution in [0.4, 0.5) is 21.5 Å².